The number of nitrogens with one attached hydrogen (secondary N) is 1. The molecular formula is C19H23N5O8S. The van der Waals surface area contributed by atoms with Crippen molar-refractivity contribution < 1.29 is 38.5 Å². The lowest BCUT2D eigenvalue weighted by molar-refractivity contribution is -0.432. The first-order chi connectivity index (χ1) is 15.8. The summed E-state index contributed by atoms with van der Waals surface area (Å²) in [5, 5.41) is 14.4. The lowest BCUT2D eigenvalue weighted by atomic mass is 10.1. The van der Waals surface area contributed by atoms with E-state index in [9.17, 15) is 19.2 Å². The second-order valence-electron chi connectivity index (χ2n) is 7.07. The van der Waals surface area contributed by atoms with Gasteiger partial charge in [-0.05, 0) is 18.2 Å². The number of rotatable bonds is 9. The van der Waals surface area contributed by atoms with E-state index in [-0.39, 0.29) is 25.1 Å². The number of nitrogens with zero attached hydrogens (tertiary/aromatic N) is 3. The van der Waals surface area contributed by atoms with Crippen LogP contribution < -0.4 is 20.7 Å². The predicted molar refractivity (Wildman–Crippen MR) is 115 cm³/mol. The van der Waals surface area contributed by atoms with Gasteiger partial charge < -0.3 is 20.7 Å². The fourth-order valence-electron chi connectivity index (χ4n) is 3.28. The summed E-state index contributed by atoms with van der Waals surface area (Å²) in [7, 11) is 3.00. The van der Waals surface area contributed by atoms with Crippen LogP contribution in [0.5, 0.6) is 5.75 Å². The molecule has 2 aliphatic heterocycles. The van der Waals surface area contributed by atoms with E-state index < -0.39 is 36.5 Å². The second-order valence-corrected chi connectivity index (χ2v) is 7.84. The minimum absolute atomic E-state index is 0.145. The summed E-state index contributed by atoms with van der Waals surface area (Å²) in [5.74, 6) is -1.62. The number of hydrogen-bond donors (Lipinski definition) is 3. The van der Waals surface area contributed by atoms with Crippen molar-refractivity contribution in [2.24, 2.45) is 5.73 Å². The van der Waals surface area contributed by atoms with Crippen LogP contribution in [0, 0.1) is 0 Å². The Labute approximate surface area is 193 Å². The van der Waals surface area contributed by atoms with Gasteiger partial charge in [-0.1, -0.05) is 11.1 Å². The van der Waals surface area contributed by atoms with Crippen molar-refractivity contribution in [1.82, 2.24) is 15.1 Å². The molecule has 1 aromatic rings. The van der Waals surface area contributed by atoms with E-state index in [0.717, 1.165) is 22.6 Å². The highest BCUT2D eigenvalue weighted by Crippen LogP contribution is 2.40. The molecule has 1 unspecified atom stereocenters. The molecule has 14 heteroatoms. The lowest BCUT2D eigenvalue weighted by Gasteiger charge is -2.31. The number of benzene rings is 1. The van der Waals surface area contributed by atoms with Gasteiger partial charge in [-0.3, -0.25) is 24.2 Å². The van der Waals surface area contributed by atoms with Crippen LogP contribution in [0.3, 0.4) is 0 Å². The molecule has 3 rings (SSSR count). The van der Waals surface area contributed by atoms with Crippen molar-refractivity contribution in [3.63, 3.8) is 0 Å². The second kappa shape index (κ2) is 10.6. The summed E-state index contributed by atoms with van der Waals surface area (Å²) in [6, 6.07) is 4.26. The summed E-state index contributed by atoms with van der Waals surface area (Å²) in [6.07, 6.45) is 1.00. The number of carbonyl (C=O) groups is 4. The molecule has 4 N–H and O–H groups in total. The van der Waals surface area contributed by atoms with Crippen molar-refractivity contribution >= 4 is 41.5 Å². The van der Waals surface area contributed by atoms with Crippen LogP contribution in [0.15, 0.2) is 34.7 Å². The number of barbiturate groups is 1. The normalized spacial score (nSPS) is 19.3. The Morgan fingerprint density at radius 1 is 1.30 bits per heavy atom. The number of ether oxygens (including phenoxy) is 1. The third-order valence-electron chi connectivity index (χ3n) is 4.99. The SMILES string of the molecule is CN1C(=O)C(=CCC2Oc3ccc(SOOO)cc3N2C)C(=O)N(CC(=O)NCCN)C1=O. The Morgan fingerprint density at radius 3 is 2.76 bits per heavy atom. The van der Waals surface area contributed by atoms with E-state index in [4.69, 9.17) is 15.7 Å². The van der Waals surface area contributed by atoms with Crippen molar-refractivity contribution in [3.05, 3.63) is 29.8 Å². The summed E-state index contributed by atoms with van der Waals surface area (Å²) < 4.78 is 10.3. The molecule has 2 aliphatic rings. The van der Waals surface area contributed by atoms with Crippen LogP contribution >= 0.6 is 12.0 Å². The summed E-state index contributed by atoms with van der Waals surface area (Å²) >= 11 is 0.798. The van der Waals surface area contributed by atoms with Gasteiger partial charge in [-0.2, -0.15) is 0 Å². The Hall–Kier alpha value is -3.17. The average molecular weight is 481 g/mol. The quantitative estimate of drug-likeness (QED) is 0.144. The maximum absolute atomic E-state index is 12.8. The van der Waals surface area contributed by atoms with Crippen molar-refractivity contribution in [1.29, 1.82) is 0 Å². The third kappa shape index (κ3) is 5.26. The summed E-state index contributed by atoms with van der Waals surface area (Å²) in [6.45, 7) is -0.132. The fourth-order valence-corrected chi connectivity index (χ4v) is 3.67. The van der Waals surface area contributed by atoms with Gasteiger partial charge in [0.1, 0.15) is 17.9 Å². The largest absolute Gasteiger partial charge is 0.468 e. The van der Waals surface area contributed by atoms with Gasteiger partial charge in [0.25, 0.3) is 11.8 Å². The summed E-state index contributed by atoms with van der Waals surface area (Å²) in [5.41, 5.74) is 5.82. The summed E-state index contributed by atoms with van der Waals surface area (Å²) in [4.78, 5) is 53.7. The highest BCUT2D eigenvalue weighted by atomic mass is 32.2. The van der Waals surface area contributed by atoms with Crippen LogP contribution in [-0.2, 0) is 23.8 Å². The molecule has 0 bridgehead atoms. The van der Waals surface area contributed by atoms with Crippen molar-refractivity contribution in [3.8, 4) is 5.75 Å². The molecule has 0 spiro atoms. The van der Waals surface area contributed by atoms with E-state index in [1.807, 2.05) is 0 Å². The highest BCUT2D eigenvalue weighted by Gasteiger charge is 2.41. The van der Waals surface area contributed by atoms with E-state index in [1.165, 1.54) is 13.1 Å². The van der Waals surface area contributed by atoms with E-state index in [1.54, 1.807) is 30.1 Å². The number of anilines is 1. The molecule has 13 nitrogen and oxygen atoms in total. The van der Waals surface area contributed by atoms with Crippen molar-refractivity contribution in [2.75, 3.05) is 38.6 Å². The van der Waals surface area contributed by atoms with E-state index in [2.05, 4.69) is 14.7 Å². The Balaban J connectivity index is 1.73. The first kappa shape index (κ1) is 24.5. The lowest BCUT2D eigenvalue weighted by Crippen LogP contribution is -2.57. The number of nitrogens with two attached hydrogens (primary N) is 1. The molecule has 1 saturated heterocycles. The van der Waals surface area contributed by atoms with E-state index in [0.29, 0.717) is 15.5 Å². The average Bonchev–Trinajstić information content (AvgIpc) is 3.12. The molecule has 0 saturated carbocycles. The number of likely N-dealkylation sites (N-methyl/N-ethyl adjacent to an activating group) is 1. The standard InChI is InChI=1S/C19H23N5O8S/c1-22-13-9-11(33-32-31-29)3-5-14(13)30-16(22)6-4-12-17(26)23(2)19(28)24(18(12)27)10-15(25)21-8-7-20/h3-5,9,16,29H,6-8,10,20H2,1-2H3,(H,21,25). The number of imide groups is 2. The van der Waals surface area contributed by atoms with Gasteiger partial charge in [0.15, 0.2) is 6.23 Å². The number of fused-ring (bicyclic) bond motifs is 1. The minimum Gasteiger partial charge on any atom is -0.468 e. The molecule has 33 heavy (non-hydrogen) atoms. The minimum atomic E-state index is -0.884. The molecule has 1 atom stereocenters. The van der Waals surface area contributed by atoms with Gasteiger partial charge in [-0.15, -0.1) is 4.33 Å². The first-order valence-corrected chi connectivity index (χ1v) is 10.5. The molecule has 0 aliphatic carbocycles. The molecule has 0 radical (unpaired) electrons. The van der Waals surface area contributed by atoms with Gasteiger partial charge >= 0.3 is 6.03 Å². The zero-order valence-electron chi connectivity index (χ0n) is 17.8. The van der Waals surface area contributed by atoms with Crippen LogP contribution in [0.2, 0.25) is 0 Å². The number of carbonyl (C=O) groups excluding carboxylic acids is 4. The number of hydrogen-bond acceptors (Lipinski definition) is 11. The first-order valence-electron chi connectivity index (χ1n) is 9.77. The van der Waals surface area contributed by atoms with Crippen LogP contribution in [-0.4, -0.2) is 78.8 Å². The molecule has 0 aromatic heterocycles. The van der Waals surface area contributed by atoms with Crippen molar-refractivity contribution in [2.45, 2.75) is 17.5 Å². The predicted octanol–water partition coefficient (Wildman–Crippen LogP) is 0.0816. The molecule has 1 aromatic carbocycles. The molecule has 5 amide bonds. The van der Waals surface area contributed by atoms with Gasteiger partial charge in [-0.25, -0.2) is 10.1 Å². The number of urea groups is 1. The monoisotopic (exact) mass is 481 g/mol. The maximum atomic E-state index is 12.8. The zero-order valence-corrected chi connectivity index (χ0v) is 18.7. The maximum Gasteiger partial charge on any atom is 0.334 e. The Morgan fingerprint density at radius 2 is 2.06 bits per heavy atom. The van der Waals surface area contributed by atoms with Crippen LogP contribution in [0.4, 0.5) is 10.5 Å². The molecule has 2 heterocycles. The van der Waals surface area contributed by atoms with Gasteiger partial charge in [0.05, 0.1) is 17.7 Å². The topological polar surface area (TPSA) is 164 Å². The Bertz CT molecular complexity index is 987. The highest BCUT2D eigenvalue weighted by molar-refractivity contribution is 7.94. The van der Waals surface area contributed by atoms with Crippen LogP contribution in [0.1, 0.15) is 6.42 Å². The molecule has 178 valence electrons. The Kier molecular flexibility index (Phi) is 7.88. The fraction of sp³-hybridized carbons (Fsp3) is 0.368. The third-order valence-corrected chi connectivity index (χ3v) is 5.56. The van der Waals surface area contributed by atoms with E-state index >= 15 is 0 Å². The zero-order chi connectivity index (χ0) is 24.1. The molecule has 1 fully saturated rings. The van der Waals surface area contributed by atoms with Crippen LogP contribution in [0.25, 0.3) is 0 Å². The molecular weight excluding hydrogens is 458 g/mol. The smallest absolute Gasteiger partial charge is 0.334 e. The van der Waals surface area contributed by atoms with Gasteiger partial charge in [0, 0.05) is 38.5 Å². The van der Waals surface area contributed by atoms with Gasteiger partial charge in [0.2, 0.25) is 5.91 Å². The number of amides is 5.